The first kappa shape index (κ1) is 24.6. The fourth-order valence-corrected chi connectivity index (χ4v) is 6.69. The zero-order valence-electron chi connectivity index (χ0n) is 22.1. The Morgan fingerprint density at radius 3 is 1.95 bits per heavy atom. The van der Waals surface area contributed by atoms with E-state index in [0.717, 1.165) is 48.5 Å². The molecule has 3 aromatic heterocycles. The molecule has 0 fully saturated rings. The minimum Gasteiger partial charge on any atom is -0.537 e. The lowest BCUT2D eigenvalue weighted by Crippen LogP contribution is -2.01. The van der Waals surface area contributed by atoms with E-state index >= 15 is 0 Å². The van der Waals surface area contributed by atoms with E-state index in [4.69, 9.17) is 19.6 Å². The van der Waals surface area contributed by atoms with Gasteiger partial charge < -0.3 is 9.68 Å². The van der Waals surface area contributed by atoms with Crippen molar-refractivity contribution in [3.05, 3.63) is 115 Å². The topological polar surface area (TPSA) is 81.0 Å². The number of hydrogen-bond acceptors (Lipinski definition) is 7. The lowest BCUT2D eigenvalue weighted by molar-refractivity contribution is 0.456. The molecule has 8 aromatic rings. The number of hydrogen-bond donors (Lipinski definition) is 1. The normalized spacial score (nSPS) is 11.5. The molecule has 0 saturated carbocycles. The van der Waals surface area contributed by atoms with Crippen LogP contribution in [0.4, 0.5) is 0 Å². The molecule has 3 heterocycles. The predicted octanol–water partition coefficient (Wildman–Crippen LogP) is 7.85. The van der Waals surface area contributed by atoms with Gasteiger partial charge in [0.1, 0.15) is 5.75 Å². The van der Waals surface area contributed by atoms with Crippen molar-refractivity contribution in [1.82, 2.24) is 19.9 Å². The minimum absolute atomic E-state index is 0.530. The highest BCUT2D eigenvalue weighted by Gasteiger charge is 2.19. The number of rotatable bonds is 5. The van der Waals surface area contributed by atoms with Crippen LogP contribution in [0.3, 0.4) is 0 Å². The van der Waals surface area contributed by atoms with Crippen LogP contribution in [0.25, 0.3) is 76.0 Å². The van der Waals surface area contributed by atoms with Crippen LogP contribution in [0, 0.1) is 0 Å². The van der Waals surface area contributed by atoms with E-state index in [1.807, 2.05) is 60.7 Å². The smallest absolute Gasteiger partial charge is 0.537 e. The van der Waals surface area contributed by atoms with Crippen LogP contribution in [-0.4, -0.2) is 32.6 Å². The summed E-state index contributed by atoms with van der Waals surface area (Å²) >= 11 is 1.75. The Bertz CT molecular complexity index is 2220. The van der Waals surface area contributed by atoms with E-state index in [-0.39, 0.29) is 0 Å². The number of aromatic nitrogens is 4. The minimum atomic E-state index is 0.530. The van der Waals surface area contributed by atoms with Crippen LogP contribution in [0.5, 0.6) is 5.75 Å². The van der Waals surface area contributed by atoms with Crippen molar-refractivity contribution in [3.63, 3.8) is 0 Å². The highest BCUT2D eigenvalue weighted by molar-refractivity contribution is 7.26. The van der Waals surface area contributed by atoms with Gasteiger partial charge in [0.05, 0.1) is 5.52 Å². The Labute approximate surface area is 245 Å². The van der Waals surface area contributed by atoms with Crippen LogP contribution < -0.4 is 4.65 Å². The molecule has 0 amide bonds. The van der Waals surface area contributed by atoms with Gasteiger partial charge in [-0.1, -0.05) is 78.9 Å². The highest BCUT2D eigenvalue weighted by atomic mass is 32.1. The second-order valence-electron chi connectivity index (χ2n) is 9.88. The Kier molecular flexibility index (Phi) is 5.87. The fourth-order valence-electron chi connectivity index (χ4n) is 5.48. The molecule has 0 aliphatic heterocycles. The lowest BCUT2D eigenvalue weighted by Gasteiger charge is -2.13. The molecule has 1 N–H and O–H groups in total. The van der Waals surface area contributed by atoms with Gasteiger partial charge in [-0.25, -0.2) is 15.0 Å². The molecule has 6 nitrogen and oxygen atoms in total. The van der Waals surface area contributed by atoms with Gasteiger partial charge in [-0.15, -0.1) is 11.3 Å². The van der Waals surface area contributed by atoms with E-state index in [1.165, 1.54) is 10.1 Å². The highest BCUT2D eigenvalue weighted by Crippen LogP contribution is 2.44. The second-order valence-corrected chi connectivity index (χ2v) is 10.9. The van der Waals surface area contributed by atoms with Crippen LogP contribution in [0.2, 0.25) is 0 Å². The van der Waals surface area contributed by atoms with Gasteiger partial charge in [-0.2, -0.15) is 0 Å². The van der Waals surface area contributed by atoms with Gasteiger partial charge in [0, 0.05) is 53.8 Å². The molecular weight excluding hydrogens is 539 g/mol. The molecule has 0 bridgehead atoms. The molecule has 8 rings (SSSR count). The maximum absolute atomic E-state index is 9.40. The third kappa shape index (κ3) is 4.08. The van der Waals surface area contributed by atoms with Gasteiger partial charge in [0.2, 0.25) is 0 Å². The van der Waals surface area contributed by atoms with Crippen LogP contribution in [0.15, 0.2) is 115 Å². The zero-order chi connectivity index (χ0) is 28.0. The van der Waals surface area contributed by atoms with E-state index in [9.17, 15) is 5.02 Å². The van der Waals surface area contributed by atoms with E-state index in [1.54, 1.807) is 23.6 Å². The van der Waals surface area contributed by atoms with Gasteiger partial charge >= 0.3 is 7.69 Å². The molecular formula is C34H20BN4O2S. The second kappa shape index (κ2) is 10.0. The molecule has 0 atom stereocenters. The molecule has 197 valence electrons. The van der Waals surface area contributed by atoms with Crippen molar-refractivity contribution >= 4 is 60.9 Å². The number of nitrogens with zero attached hydrogens (tertiary/aromatic N) is 4. The van der Waals surface area contributed by atoms with Crippen molar-refractivity contribution in [2.75, 3.05) is 0 Å². The Hall–Kier alpha value is -5.18. The van der Waals surface area contributed by atoms with Gasteiger partial charge in [-0.05, 0) is 35.7 Å². The predicted molar refractivity (Wildman–Crippen MR) is 170 cm³/mol. The SMILES string of the molecule is O[B]Oc1ccnc2cc3c(-c4nc(-c5ccccc5)nc(-c5ccccc5)n4)cc4c5ccccc5sc4c3cc12. The number of pyridine rings is 1. The Morgan fingerprint density at radius 1 is 0.595 bits per heavy atom. The summed E-state index contributed by atoms with van der Waals surface area (Å²) in [4.78, 5) is 19.6. The molecule has 0 saturated heterocycles. The van der Waals surface area contributed by atoms with E-state index < -0.39 is 0 Å². The van der Waals surface area contributed by atoms with Crippen LogP contribution in [0.1, 0.15) is 0 Å². The van der Waals surface area contributed by atoms with Gasteiger partial charge in [-0.3, -0.25) is 4.98 Å². The zero-order valence-corrected chi connectivity index (χ0v) is 22.9. The molecule has 0 aliphatic carbocycles. The number of benzene rings is 5. The summed E-state index contributed by atoms with van der Waals surface area (Å²) < 4.78 is 7.79. The van der Waals surface area contributed by atoms with Crippen LogP contribution >= 0.6 is 11.3 Å². The third-order valence-corrected chi connectivity index (χ3v) is 8.64. The molecule has 0 spiro atoms. The summed E-state index contributed by atoms with van der Waals surface area (Å²) in [5.41, 5.74) is 3.46. The Morgan fingerprint density at radius 2 is 1.24 bits per heavy atom. The fraction of sp³-hybridized carbons (Fsp3) is 0. The summed E-state index contributed by atoms with van der Waals surface area (Å²) in [7, 11) is 0.700. The average molecular weight is 559 g/mol. The number of fused-ring (bicyclic) bond motifs is 6. The molecule has 1 radical (unpaired) electrons. The maximum atomic E-state index is 9.40. The first-order valence-electron chi connectivity index (χ1n) is 13.4. The average Bonchev–Trinajstić information content (AvgIpc) is 3.43. The molecule has 42 heavy (non-hydrogen) atoms. The van der Waals surface area contributed by atoms with E-state index in [2.05, 4.69) is 47.4 Å². The summed E-state index contributed by atoms with van der Waals surface area (Å²) in [6, 6.07) is 36.5. The summed E-state index contributed by atoms with van der Waals surface area (Å²) in [5, 5.41) is 14.5. The van der Waals surface area contributed by atoms with Crippen molar-refractivity contribution in [1.29, 1.82) is 0 Å². The summed E-state index contributed by atoms with van der Waals surface area (Å²) in [5.74, 6) is 2.33. The summed E-state index contributed by atoms with van der Waals surface area (Å²) in [6.07, 6.45) is 1.68. The van der Waals surface area contributed by atoms with Gasteiger partial charge in [0.15, 0.2) is 17.5 Å². The third-order valence-electron chi connectivity index (χ3n) is 7.42. The lowest BCUT2D eigenvalue weighted by atomic mass is 9.97. The van der Waals surface area contributed by atoms with Crippen LogP contribution in [-0.2, 0) is 0 Å². The molecule has 0 unspecified atom stereocenters. The molecule has 5 aromatic carbocycles. The monoisotopic (exact) mass is 559 g/mol. The first-order valence-corrected chi connectivity index (χ1v) is 14.2. The summed E-state index contributed by atoms with van der Waals surface area (Å²) in [6.45, 7) is 0. The van der Waals surface area contributed by atoms with E-state index in [0.29, 0.717) is 30.9 Å². The Balaban J connectivity index is 1.50. The van der Waals surface area contributed by atoms with Crippen molar-refractivity contribution in [2.45, 2.75) is 0 Å². The standard InChI is InChI=1S/C34H20BN4O2S/c40-35-41-29-15-16-36-28-19-23-25(18-27(28)29)31-24(22-13-7-8-14-30(22)42-31)17-26(23)34-38-32(20-9-3-1-4-10-20)37-33(39-34)21-11-5-2-6-12-21/h1-19,40H. The van der Waals surface area contributed by atoms with Crippen molar-refractivity contribution in [2.24, 2.45) is 0 Å². The molecule has 0 aliphatic rings. The largest absolute Gasteiger partial charge is 0.569 e. The van der Waals surface area contributed by atoms with Gasteiger partial charge in [0.25, 0.3) is 0 Å². The van der Waals surface area contributed by atoms with Crippen molar-refractivity contribution in [3.8, 4) is 39.9 Å². The first-order chi connectivity index (χ1) is 20.8. The quantitative estimate of drug-likeness (QED) is 0.171. The molecule has 8 heteroatoms. The van der Waals surface area contributed by atoms with Crippen molar-refractivity contribution < 1.29 is 9.68 Å². The number of thiophene rings is 1. The maximum Gasteiger partial charge on any atom is 0.569 e.